The Labute approximate surface area is 108 Å². The standard InChI is InChI=1S/C16H31N/c1-13(15(2,3)4)12-17-14-8-11-16(14)9-6-5-7-10-16/h13-14,17H,5-12H2,1-4H3. The van der Waals surface area contributed by atoms with E-state index in [1.165, 1.54) is 51.5 Å². The van der Waals surface area contributed by atoms with Crippen molar-refractivity contribution < 1.29 is 0 Å². The molecule has 2 rings (SSSR count). The lowest BCUT2D eigenvalue weighted by atomic mass is 9.57. The quantitative estimate of drug-likeness (QED) is 0.768. The molecule has 100 valence electrons. The molecule has 2 aliphatic carbocycles. The summed E-state index contributed by atoms with van der Waals surface area (Å²) in [5.74, 6) is 0.767. The van der Waals surface area contributed by atoms with Crippen LogP contribution in [-0.2, 0) is 0 Å². The molecule has 0 aromatic heterocycles. The van der Waals surface area contributed by atoms with Gasteiger partial charge in [0.25, 0.3) is 0 Å². The van der Waals surface area contributed by atoms with Crippen molar-refractivity contribution in [2.45, 2.75) is 78.7 Å². The molecule has 0 aromatic carbocycles. The van der Waals surface area contributed by atoms with E-state index in [9.17, 15) is 0 Å². The summed E-state index contributed by atoms with van der Waals surface area (Å²) in [7, 11) is 0. The van der Waals surface area contributed by atoms with E-state index in [4.69, 9.17) is 0 Å². The van der Waals surface area contributed by atoms with Gasteiger partial charge in [-0.2, -0.15) is 0 Å². The van der Waals surface area contributed by atoms with Crippen LogP contribution < -0.4 is 5.32 Å². The van der Waals surface area contributed by atoms with E-state index < -0.39 is 0 Å². The Morgan fingerprint density at radius 3 is 2.24 bits per heavy atom. The molecule has 1 spiro atoms. The monoisotopic (exact) mass is 237 g/mol. The van der Waals surface area contributed by atoms with E-state index in [-0.39, 0.29) is 0 Å². The van der Waals surface area contributed by atoms with Crippen LogP contribution in [-0.4, -0.2) is 12.6 Å². The van der Waals surface area contributed by atoms with Crippen molar-refractivity contribution in [2.24, 2.45) is 16.7 Å². The van der Waals surface area contributed by atoms with Crippen molar-refractivity contribution in [1.82, 2.24) is 5.32 Å². The van der Waals surface area contributed by atoms with E-state index in [1.807, 2.05) is 0 Å². The highest BCUT2D eigenvalue weighted by Crippen LogP contribution is 2.51. The summed E-state index contributed by atoms with van der Waals surface area (Å²) < 4.78 is 0. The Balaban J connectivity index is 1.80. The highest BCUT2D eigenvalue weighted by Gasteiger charge is 2.46. The summed E-state index contributed by atoms with van der Waals surface area (Å²) in [6.07, 6.45) is 10.3. The van der Waals surface area contributed by atoms with Crippen molar-refractivity contribution >= 4 is 0 Å². The minimum absolute atomic E-state index is 0.441. The molecule has 0 amide bonds. The molecule has 0 radical (unpaired) electrons. The lowest BCUT2D eigenvalue weighted by molar-refractivity contribution is 0.0185. The van der Waals surface area contributed by atoms with Gasteiger partial charge in [-0.1, -0.05) is 47.0 Å². The topological polar surface area (TPSA) is 12.0 Å². The molecular formula is C16H31N. The first-order valence-corrected chi connectivity index (χ1v) is 7.67. The SMILES string of the molecule is CC(CNC1CCC12CCCCC2)C(C)(C)C. The van der Waals surface area contributed by atoms with Crippen LogP contribution in [0.3, 0.4) is 0 Å². The molecule has 2 aliphatic rings. The van der Waals surface area contributed by atoms with E-state index in [2.05, 4.69) is 33.0 Å². The third-order valence-corrected chi connectivity index (χ3v) is 5.67. The average Bonchev–Trinajstić information content (AvgIpc) is 2.27. The molecular weight excluding hydrogens is 206 g/mol. The largest absolute Gasteiger partial charge is 0.313 e. The highest BCUT2D eigenvalue weighted by atomic mass is 15.0. The van der Waals surface area contributed by atoms with Gasteiger partial charge in [0.1, 0.15) is 0 Å². The van der Waals surface area contributed by atoms with Crippen molar-refractivity contribution in [3.8, 4) is 0 Å². The van der Waals surface area contributed by atoms with E-state index >= 15 is 0 Å². The van der Waals surface area contributed by atoms with Crippen LogP contribution in [0, 0.1) is 16.7 Å². The molecule has 2 unspecified atom stereocenters. The zero-order chi connectivity index (χ0) is 12.5. The molecule has 0 aliphatic heterocycles. The second kappa shape index (κ2) is 4.91. The maximum atomic E-state index is 3.89. The molecule has 0 heterocycles. The molecule has 0 saturated heterocycles. The van der Waals surface area contributed by atoms with E-state index in [1.54, 1.807) is 0 Å². The summed E-state index contributed by atoms with van der Waals surface area (Å²) in [4.78, 5) is 0. The molecule has 1 nitrogen and oxygen atoms in total. The number of hydrogen-bond donors (Lipinski definition) is 1. The Morgan fingerprint density at radius 2 is 1.76 bits per heavy atom. The van der Waals surface area contributed by atoms with Crippen LogP contribution in [0.5, 0.6) is 0 Å². The minimum atomic E-state index is 0.441. The Morgan fingerprint density at radius 1 is 1.12 bits per heavy atom. The van der Waals surface area contributed by atoms with Crippen LogP contribution in [0.25, 0.3) is 0 Å². The fraction of sp³-hybridized carbons (Fsp3) is 1.00. The number of nitrogens with one attached hydrogen (secondary N) is 1. The van der Waals surface area contributed by atoms with E-state index in [0.29, 0.717) is 5.41 Å². The number of rotatable bonds is 3. The molecule has 2 saturated carbocycles. The first kappa shape index (κ1) is 13.4. The Bertz CT molecular complexity index is 245. The molecule has 17 heavy (non-hydrogen) atoms. The van der Waals surface area contributed by atoms with Gasteiger partial charge in [-0.25, -0.2) is 0 Å². The van der Waals surface area contributed by atoms with Gasteiger partial charge in [-0.3, -0.25) is 0 Å². The maximum Gasteiger partial charge on any atom is 0.0124 e. The van der Waals surface area contributed by atoms with Crippen molar-refractivity contribution in [3.05, 3.63) is 0 Å². The zero-order valence-corrected chi connectivity index (χ0v) is 12.3. The zero-order valence-electron chi connectivity index (χ0n) is 12.3. The third-order valence-electron chi connectivity index (χ3n) is 5.67. The first-order valence-electron chi connectivity index (χ1n) is 7.67. The molecule has 0 aromatic rings. The van der Waals surface area contributed by atoms with Gasteiger partial charge in [0, 0.05) is 6.04 Å². The predicted molar refractivity (Wildman–Crippen MR) is 75.2 cm³/mol. The van der Waals surface area contributed by atoms with Crippen LogP contribution in [0.15, 0.2) is 0 Å². The molecule has 2 atom stereocenters. The summed E-state index contributed by atoms with van der Waals surface area (Å²) in [6, 6.07) is 0.840. The van der Waals surface area contributed by atoms with Gasteiger partial charge in [-0.15, -0.1) is 0 Å². The number of hydrogen-bond acceptors (Lipinski definition) is 1. The molecule has 1 N–H and O–H groups in total. The van der Waals surface area contributed by atoms with Crippen LogP contribution in [0.1, 0.15) is 72.6 Å². The second-order valence-corrected chi connectivity index (χ2v) is 7.69. The van der Waals surface area contributed by atoms with Gasteiger partial charge in [0.15, 0.2) is 0 Å². The summed E-state index contributed by atoms with van der Waals surface area (Å²) in [6.45, 7) is 10.7. The lowest BCUT2D eigenvalue weighted by Crippen LogP contribution is -2.55. The Hall–Kier alpha value is -0.0400. The molecule has 2 fully saturated rings. The summed E-state index contributed by atoms with van der Waals surface area (Å²) in [5, 5.41) is 3.89. The average molecular weight is 237 g/mol. The van der Waals surface area contributed by atoms with E-state index in [0.717, 1.165) is 17.4 Å². The van der Waals surface area contributed by atoms with Gasteiger partial charge < -0.3 is 5.32 Å². The Kier molecular flexibility index (Phi) is 3.87. The van der Waals surface area contributed by atoms with Crippen LogP contribution in [0.2, 0.25) is 0 Å². The molecule has 0 bridgehead atoms. The lowest BCUT2D eigenvalue weighted by Gasteiger charge is -2.53. The fourth-order valence-corrected chi connectivity index (χ4v) is 3.50. The van der Waals surface area contributed by atoms with Gasteiger partial charge >= 0.3 is 0 Å². The van der Waals surface area contributed by atoms with Gasteiger partial charge in [-0.05, 0) is 49.0 Å². The van der Waals surface area contributed by atoms with Gasteiger partial charge in [0.05, 0.1) is 0 Å². The summed E-state index contributed by atoms with van der Waals surface area (Å²) in [5.41, 5.74) is 1.16. The maximum absolute atomic E-state index is 3.89. The minimum Gasteiger partial charge on any atom is -0.313 e. The normalized spacial score (nSPS) is 30.0. The van der Waals surface area contributed by atoms with Crippen molar-refractivity contribution in [2.75, 3.05) is 6.54 Å². The second-order valence-electron chi connectivity index (χ2n) is 7.69. The highest BCUT2D eigenvalue weighted by molar-refractivity contribution is 5.01. The third kappa shape index (κ3) is 2.86. The summed E-state index contributed by atoms with van der Waals surface area (Å²) >= 11 is 0. The molecule has 1 heteroatoms. The fourth-order valence-electron chi connectivity index (χ4n) is 3.50. The van der Waals surface area contributed by atoms with Crippen LogP contribution in [0.4, 0.5) is 0 Å². The van der Waals surface area contributed by atoms with Crippen molar-refractivity contribution in [1.29, 1.82) is 0 Å². The van der Waals surface area contributed by atoms with Crippen LogP contribution >= 0.6 is 0 Å². The predicted octanol–water partition coefficient (Wildman–Crippen LogP) is 4.37. The first-order chi connectivity index (χ1) is 7.94. The van der Waals surface area contributed by atoms with Crippen molar-refractivity contribution in [3.63, 3.8) is 0 Å². The van der Waals surface area contributed by atoms with Gasteiger partial charge in [0.2, 0.25) is 0 Å². The smallest absolute Gasteiger partial charge is 0.0124 e.